The van der Waals surface area contributed by atoms with Crippen LogP contribution in [0.15, 0.2) is 28.9 Å². The molecule has 0 spiro atoms. The van der Waals surface area contributed by atoms with Gasteiger partial charge in [0.2, 0.25) is 11.6 Å². The van der Waals surface area contributed by atoms with Crippen LogP contribution in [0.1, 0.15) is 0 Å². The summed E-state index contributed by atoms with van der Waals surface area (Å²) in [4.78, 5) is 0. The van der Waals surface area contributed by atoms with Gasteiger partial charge in [0.15, 0.2) is 5.88 Å². The Kier molecular flexibility index (Phi) is 1.26. The Hall–Kier alpha value is -1.98. The first-order valence-electron chi connectivity index (χ1n) is 3.22. The third kappa shape index (κ3) is 0.986. The van der Waals surface area contributed by atoms with Crippen molar-refractivity contribution in [2.24, 2.45) is 0 Å². The maximum absolute atomic E-state index is 9.16. The average molecular weight is 166 g/mol. The van der Waals surface area contributed by atoms with Gasteiger partial charge in [-0.1, -0.05) is 6.58 Å². The topological polar surface area (TPSA) is 83.2 Å². The third-order valence-corrected chi connectivity index (χ3v) is 1.32. The predicted molar refractivity (Wildman–Crippen MR) is 41.4 cm³/mol. The number of aliphatic hydroxyl groups is 1. The fraction of sp³-hybridized carbons (Fsp3) is 0. The molecule has 0 amide bonds. The van der Waals surface area contributed by atoms with Gasteiger partial charge in [0.05, 0.1) is 0 Å². The molecule has 2 rings (SSSR count). The molecule has 1 aromatic heterocycles. The fourth-order valence-electron chi connectivity index (χ4n) is 0.863. The molecule has 0 saturated carbocycles. The largest absolute Gasteiger partial charge is 0.494 e. The van der Waals surface area contributed by atoms with E-state index in [0.717, 1.165) is 0 Å². The summed E-state index contributed by atoms with van der Waals surface area (Å²) in [6.45, 7) is 3.61. The molecule has 0 fully saturated rings. The molecule has 0 bridgehead atoms. The second-order valence-corrected chi connectivity index (χ2v) is 2.27. The zero-order valence-corrected chi connectivity index (χ0v) is 6.03. The summed E-state index contributed by atoms with van der Waals surface area (Å²) in [6, 6.07) is 0. The van der Waals surface area contributed by atoms with Crippen LogP contribution in [0.25, 0.3) is 0 Å². The van der Waals surface area contributed by atoms with E-state index in [9.17, 15) is 0 Å². The molecule has 62 valence electrons. The summed E-state index contributed by atoms with van der Waals surface area (Å²) in [7, 11) is 0. The van der Waals surface area contributed by atoms with Crippen LogP contribution in [0, 0.1) is 0 Å². The summed E-state index contributed by atoms with van der Waals surface area (Å²) in [5.74, 6) is 0.685. The van der Waals surface area contributed by atoms with E-state index >= 15 is 0 Å². The Balaban J connectivity index is 2.43. The highest BCUT2D eigenvalue weighted by Gasteiger charge is 2.14. The van der Waals surface area contributed by atoms with Crippen molar-refractivity contribution in [3.05, 3.63) is 24.2 Å². The Morgan fingerprint density at radius 3 is 2.75 bits per heavy atom. The molecule has 12 heavy (non-hydrogen) atoms. The molecular weight excluding hydrogens is 160 g/mol. The predicted octanol–water partition coefficient (Wildman–Crippen LogP) is 0.820. The second kappa shape index (κ2) is 2.26. The van der Waals surface area contributed by atoms with Crippen LogP contribution >= 0.6 is 0 Å². The van der Waals surface area contributed by atoms with Gasteiger partial charge in [0, 0.05) is 11.8 Å². The van der Waals surface area contributed by atoms with E-state index in [-0.39, 0.29) is 5.88 Å². The number of anilines is 2. The molecule has 0 unspecified atom stereocenters. The van der Waals surface area contributed by atoms with Crippen molar-refractivity contribution in [3.8, 4) is 0 Å². The van der Waals surface area contributed by atoms with Crippen molar-refractivity contribution in [3.63, 3.8) is 0 Å². The van der Waals surface area contributed by atoms with Crippen molar-refractivity contribution in [2.75, 3.05) is 10.6 Å². The molecule has 1 aromatic rings. The maximum Gasteiger partial charge on any atom is 0.222 e. The lowest BCUT2D eigenvalue weighted by molar-refractivity contribution is 0.309. The summed E-state index contributed by atoms with van der Waals surface area (Å²) in [5.41, 5.74) is 0.509. The van der Waals surface area contributed by atoms with Crippen LogP contribution in [0.5, 0.6) is 0 Å². The number of aliphatic hydroxyl groups excluding tert-OH is 1. The number of hydrogen-bond acceptors (Lipinski definition) is 6. The van der Waals surface area contributed by atoms with Crippen LogP contribution in [0.3, 0.4) is 0 Å². The maximum atomic E-state index is 9.16. The summed E-state index contributed by atoms with van der Waals surface area (Å²) in [5, 5.41) is 21.5. The minimum absolute atomic E-state index is 0.0537. The fourth-order valence-corrected chi connectivity index (χ4v) is 0.863. The van der Waals surface area contributed by atoms with Gasteiger partial charge in [-0.2, -0.15) is 0 Å². The van der Waals surface area contributed by atoms with Crippen LogP contribution in [-0.4, -0.2) is 15.4 Å². The zero-order valence-electron chi connectivity index (χ0n) is 6.03. The monoisotopic (exact) mass is 166 g/mol. The van der Waals surface area contributed by atoms with Crippen molar-refractivity contribution in [1.29, 1.82) is 0 Å². The van der Waals surface area contributed by atoms with Crippen LogP contribution in [0.4, 0.5) is 11.6 Å². The molecule has 1 aliphatic rings. The second-order valence-electron chi connectivity index (χ2n) is 2.27. The number of rotatable bonds is 0. The highest BCUT2D eigenvalue weighted by atomic mass is 16.6. The Labute approximate surface area is 67.5 Å². The molecular formula is C6H6N4O2. The molecule has 0 radical (unpaired) electrons. The molecule has 0 aliphatic carbocycles. The van der Waals surface area contributed by atoms with Gasteiger partial charge in [0.25, 0.3) is 0 Å². The molecule has 0 aromatic carbocycles. The minimum Gasteiger partial charge on any atom is -0.494 e. The first kappa shape index (κ1) is 6.71. The number of allylic oxidation sites excluding steroid dienone is 1. The lowest BCUT2D eigenvalue weighted by Crippen LogP contribution is -1.96. The Bertz CT molecular complexity index is 354. The lowest BCUT2D eigenvalue weighted by Gasteiger charge is -1.95. The van der Waals surface area contributed by atoms with Crippen LogP contribution in [0.2, 0.25) is 0 Å². The van der Waals surface area contributed by atoms with Gasteiger partial charge in [-0.25, -0.2) is 4.63 Å². The van der Waals surface area contributed by atoms with Gasteiger partial charge in [-0.3, -0.25) is 0 Å². The smallest absolute Gasteiger partial charge is 0.222 e. The van der Waals surface area contributed by atoms with Gasteiger partial charge >= 0.3 is 0 Å². The average Bonchev–Trinajstić information content (AvgIpc) is 2.31. The Morgan fingerprint density at radius 1 is 1.33 bits per heavy atom. The van der Waals surface area contributed by atoms with Crippen molar-refractivity contribution < 1.29 is 9.74 Å². The Morgan fingerprint density at radius 2 is 2.00 bits per heavy atom. The zero-order chi connectivity index (χ0) is 8.55. The lowest BCUT2D eigenvalue weighted by atomic mass is 10.4. The van der Waals surface area contributed by atoms with E-state index in [0.29, 0.717) is 17.3 Å². The molecule has 6 nitrogen and oxygen atoms in total. The molecule has 1 aliphatic heterocycles. The van der Waals surface area contributed by atoms with Gasteiger partial charge < -0.3 is 15.7 Å². The van der Waals surface area contributed by atoms with Crippen molar-refractivity contribution in [1.82, 2.24) is 10.3 Å². The van der Waals surface area contributed by atoms with E-state index < -0.39 is 0 Å². The van der Waals surface area contributed by atoms with Crippen molar-refractivity contribution >= 4 is 11.6 Å². The molecule has 2 heterocycles. The normalized spacial score (nSPS) is 15.3. The number of aromatic nitrogens is 2. The quantitative estimate of drug-likeness (QED) is 0.529. The van der Waals surface area contributed by atoms with Gasteiger partial charge in [-0.15, -0.1) is 0 Å². The van der Waals surface area contributed by atoms with Gasteiger partial charge in [0.1, 0.15) is 0 Å². The standard InChI is InChI=1S/C6H6N4O2/c1-3-2-4(11)8-6-5(7-3)9-12-10-6/h2,11H,1H2,(H,7,9)(H,8,10). The highest BCUT2D eigenvalue weighted by molar-refractivity contribution is 5.65. The van der Waals surface area contributed by atoms with E-state index in [1.165, 1.54) is 6.08 Å². The van der Waals surface area contributed by atoms with Crippen molar-refractivity contribution in [2.45, 2.75) is 0 Å². The first-order valence-corrected chi connectivity index (χ1v) is 3.22. The molecule has 0 saturated heterocycles. The highest BCUT2D eigenvalue weighted by Crippen LogP contribution is 2.21. The van der Waals surface area contributed by atoms with E-state index in [1.54, 1.807) is 0 Å². The van der Waals surface area contributed by atoms with Crippen LogP contribution < -0.4 is 10.6 Å². The van der Waals surface area contributed by atoms with E-state index in [2.05, 4.69) is 32.2 Å². The number of nitrogens with zero attached hydrogens (tertiary/aromatic N) is 2. The first-order chi connectivity index (χ1) is 5.75. The summed E-state index contributed by atoms with van der Waals surface area (Å²) >= 11 is 0. The summed E-state index contributed by atoms with van der Waals surface area (Å²) < 4.78 is 4.42. The molecule has 6 heteroatoms. The number of fused-ring (bicyclic) bond motifs is 1. The number of nitrogens with one attached hydrogen (secondary N) is 2. The third-order valence-electron chi connectivity index (χ3n) is 1.32. The van der Waals surface area contributed by atoms with Gasteiger partial charge in [-0.05, 0) is 10.3 Å². The van der Waals surface area contributed by atoms with E-state index in [1.807, 2.05) is 0 Å². The molecule has 3 N–H and O–H groups in total. The molecule has 0 atom stereocenters. The SMILES string of the molecule is C=C1C=C(O)Nc2nonc2N1. The van der Waals surface area contributed by atoms with E-state index in [4.69, 9.17) is 5.11 Å². The summed E-state index contributed by atoms with van der Waals surface area (Å²) in [6.07, 6.45) is 1.42. The van der Waals surface area contributed by atoms with Crippen LogP contribution in [-0.2, 0) is 0 Å². The number of hydrogen-bond donors (Lipinski definition) is 3. The minimum atomic E-state index is -0.0537.